The van der Waals surface area contributed by atoms with Crippen molar-refractivity contribution in [3.8, 4) is 19.0 Å². The van der Waals surface area contributed by atoms with Crippen LogP contribution in [0.25, 0.3) is 0 Å². The van der Waals surface area contributed by atoms with Gasteiger partial charge in [0.2, 0.25) is 0 Å². The first-order valence-electron chi connectivity index (χ1n) is 12.3. The van der Waals surface area contributed by atoms with Crippen molar-refractivity contribution in [1.29, 1.82) is 0 Å². The zero-order valence-corrected chi connectivity index (χ0v) is 32.1. The van der Waals surface area contributed by atoms with E-state index < -0.39 is 68.0 Å². The Morgan fingerprint density at radius 2 is 0.742 bits per heavy atom. The van der Waals surface area contributed by atoms with E-state index in [1.807, 2.05) is 0 Å². The van der Waals surface area contributed by atoms with Crippen LogP contribution in [0.1, 0.15) is 0 Å². The van der Waals surface area contributed by atoms with Gasteiger partial charge >= 0.3 is 208 Å². The topological polar surface area (TPSA) is 6.48 Å². The van der Waals surface area contributed by atoms with Gasteiger partial charge < -0.3 is 0 Å². The SMILES string of the molecule is C[Si](C)(C)C#[C][Sn]([C]#C[Si](C)(C)C)([N]1[Si](C)(C)CC[Si]1(C)C)[N]1[Si](C)(C)CC[Si]1(C)C. The van der Waals surface area contributed by atoms with Gasteiger partial charge in [-0.2, -0.15) is 0 Å². The molecule has 0 aromatic rings. The van der Waals surface area contributed by atoms with E-state index in [2.05, 4.69) is 116 Å². The van der Waals surface area contributed by atoms with Crippen molar-refractivity contribution in [3.05, 3.63) is 0 Å². The molecule has 0 bridgehead atoms. The Morgan fingerprint density at radius 1 is 0.516 bits per heavy atom. The third kappa shape index (κ3) is 6.23. The second kappa shape index (κ2) is 8.66. The first-order valence-corrected chi connectivity index (χ1v) is 37.3. The van der Waals surface area contributed by atoms with Crippen LogP contribution in [0.4, 0.5) is 0 Å². The molecule has 0 aliphatic carbocycles. The molecule has 0 saturated carbocycles. The van der Waals surface area contributed by atoms with E-state index >= 15 is 0 Å². The molecule has 0 unspecified atom stereocenters. The standard InChI is InChI=1S/2C6H16NSi2.2C5H9Si.Sn/c2*1-8(2)5-6-9(3,4)7-8;2*1-5-6(2,3)4;/h2*5-6H2,1-4H3;2*2-4H3;/q2*-1;;;+2. The summed E-state index contributed by atoms with van der Waals surface area (Å²) in [4.78, 5) is 0. The van der Waals surface area contributed by atoms with Crippen LogP contribution < -0.4 is 0 Å². The monoisotopic (exact) mass is 630 g/mol. The van der Waals surface area contributed by atoms with Gasteiger partial charge in [0, 0.05) is 0 Å². The van der Waals surface area contributed by atoms with Crippen LogP contribution in [0.3, 0.4) is 0 Å². The van der Waals surface area contributed by atoms with Gasteiger partial charge in [-0.3, -0.25) is 0 Å². The van der Waals surface area contributed by atoms with E-state index in [9.17, 15) is 0 Å². The molecule has 2 heterocycles. The summed E-state index contributed by atoms with van der Waals surface area (Å²) in [6.45, 7) is 36.0. The van der Waals surface area contributed by atoms with Crippen molar-refractivity contribution in [2.45, 2.75) is 116 Å². The fourth-order valence-corrected chi connectivity index (χ4v) is 89.3. The van der Waals surface area contributed by atoms with Gasteiger partial charge in [0.1, 0.15) is 0 Å². The quantitative estimate of drug-likeness (QED) is 0.247. The minimum atomic E-state index is -3.51. The zero-order chi connectivity index (χ0) is 24.3. The Morgan fingerprint density at radius 3 is 0.935 bits per heavy atom. The van der Waals surface area contributed by atoms with Crippen LogP contribution in [-0.2, 0) is 0 Å². The van der Waals surface area contributed by atoms with Crippen molar-refractivity contribution in [2.75, 3.05) is 0 Å². The van der Waals surface area contributed by atoms with Gasteiger partial charge in [-0.05, 0) is 0 Å². The predicted octanol–water partition coefficient (Wildman–Crippen LogP) is 6.72. The van der Waals surface area contributed by atoms with Crippen LogP contribution in [0, 0.1) is 19.0 Å². The second-order valence-electron chi connectivity index (χ2n) is 14.6. The summed E-state index contributed by atoms with van der Waals surface area (Å²) in [6, 6.07) is 5.86. The molecule has 2 nitrogen and oxygen atoms in total. The molecule has 2 aliphatic rings. The molecule has 0 amide bonds. The third-order valence-electron chi connectivity index (χ3n) is 6.99. The van der Waals surface area contributed by atoms with Crippen LogP contribution in [0.5, 0.6) is 0 Å². The number of nitrogens with zero attached hydrogens (tertiary/aromatic N) is 2. The minimum absolute atomic E-state index is 1.46. The van der Waals surface area contributed by atoms with Crippen molar-refractivity contribution in [2.24, 2.45) is 0 Å². The summed E-state index contributed by atoms with van der Waals surface area (Å²) in [5.74, 6) is 0. The molecule has 0 spiro atoms. The van der Waals surface area contributed by atoms with Crippen molar-refractivity contribution in [1.82, 2.24) is 4.91 Å². The first-order chi connectivity index (χ1) is 13.6. The Kier molecular flexibility index (Phi) is 7.93. The Bertz CT molecular complexity index is 729. The second-order valence-corrected chi connectivity index (χ2v) is 56.2. The summed E-state index contributed by atoms with van der Waals surface area (Å²) in [7, 11) is -9.01. The molecule has 2 fully saturated rings. The molecule has 0 aromatic carbocycles. The number of rotatable bonds is 2. The molecule has 176 valence electrons. The maximum atomic E-state index is 4.31. The fourth-order valence-electron chi connectivity index (χ4n) is 5.97. The van der Waals surface area contributed by atoms with E-state index in [-0.39, 0.29) is 0 Å². The number of hydrogen-bond donors (Lipinski definition) is 0. The van der Waals surface area contributed by atoms with E-state index in [1.54, 1.807) is 0 Å². The van der Waals surface area contributed by atoms with Crippen LogP contribution >= 0.6 is 0 Å². The van der Waals surface area contributed by atoms with E-state index in [0.29, 0.717) is 0 Å². The normalized spacial score (nSPS) is 25.5. The number of hydrogen-bond acceptors (Lipinski definition) is 2. The summed E-state index contributed by atoms with van der Waals surface area (Å²) in [5.41, 5.74) is 8.01. The zero-order valence-electron chi connectivity index (χ0n) is 23.2. The van der Waals surface area contributed by atoms with Crippen LogP contribution in [0.15, 0.2) is 0 Å². The van der Waals surface area contributed by atoms with Gasteiger partial charge in [0.25, 0.3) is 0 Å². The van der Waals surface area contributed by atoms with Gasteiger partial charge in [-0.25, -0.2) is 0 Å². The molecule has 0 aromatic heterocycles. The predicted molar refractivity (Wildman–Crippen MR) is 161 cm³/mol. The van der Waals surface area contributed by atoms with Gasteiger partial charge in [0.15, 0.2) is 0 Å². The summed E-state index contributed by atoms with van der Waals surface area (Å²) in [6.07, 6.45) is 0. The molecule has 0 N–H and O–H groups in total. The molecule has 0 radical (unpaired) electrons. The molecular weight excluding hydrogens is 579 g/mol. The van der Waals surface area contributed by atoms with E-state index in [4.69, 9.17) is 0 Å². The van der Waals surface area contributed by atoms with E-state index in [0.717, 1.165) is 0 Å². The van der Waals surface area contributed by atoms with Crippen LogP contribution in [-0.4, -0.2) is 72.9 Å². The summed E-state index contributed by atoms with van der Waals surface area (Å²) < 4.78 is 15.2. The van der Waals surface area contributed by atoms with Crippen molar-refractivity contribution in [3.63, 3.8) is 0 Å². The average Bonchev–Trinajstić information content (AvgIpc) is 2.89. The van der Waals surface area contributed by atoms with Crippen LogP contribution in [0.2, 0.25) is 116 Å². The van der Waals surface area contributed by atoms with Gasteiger partial charge in [-0.15, -0.1) is 0 Å². The maximum absolute atomic E-state index is 4.31. The van der Waals surface area contributed by atoms with E-state index in [1.165, 1.54) is 24.2 Å². The molecular formula is C22H50N2Si6Sn. The Balaban J connectivity index is 3.02. The Hall–Kier alpha value is 1.14. The molecule has 2 aliphatic heterocycles. The molecule has 0 atom stereocenters. The first kappa shape index (κ1) is 28.4. The van der Waals surface area contributed by atoms with Crippen molar-refractivity contribution >= 4 is 68.0 Å². The third-order valence-corrected chi connectivity index (χ3v) is 65.0. The molecule has 31 heavy (non-hydrogen) atoms. The van der Waals surface area contributed by atoms with Crippen molar-refractivity contribution < 1.29 is 0 Å². The summed E-state index contributed by atoms with van der Waals surface area (Å²) in [5, 5.41) is 0. The average molecular weight is 630 g/mol. The molecule has 9 heteroatoms. The molecule has 2 saturated heterocycles. The molecule has 2 rings (SSSR count). The summed E-state index contributed by atoms with van der Waals surface area (Å²) >= 11 is -3.51. The van der Waals surface area contributed by atoms with Gasteiger partial charge in [0.05, 0.1) is 0 Å². The Labute approximate surface area is 206 Å². The van der Waals surface area contributed by atoms with Gasteiger partial charge in [-0.1, -0.05) is 0 Å². The fraction of sp³-hybridized carbons (Fsp3) is 0.818.